The van der Waals surface area contributed by atoms with Gasteiger partial charge in [0.05, 0.1) is 24.3 Å². The maximum Gasteiger partial charge on any atom is 0.257 e. The van der Waals surface area contributed by atoms with E-state index in [1.165, 1.54) is 12.1 Å². The Morgan fingerprint density at radius 1 is 1.58 bits per heavy atom. The van der Waals surface area contributed by atoms with Crippen LogP contribution >= 0.6 is 0 Å². The largest absolute Gasteiger partial charge is 0.399 e. The number of anilines is 1. The number of rotatable bonds is 2. The predicted octanol–water partition coefficient (Wildman–Crippen LogP) is 2.05. The van der Waals surface area contributed by atoms with Crippen molar-refractivity contribution in [2.45, 2.75) is 32.4 Å². The smallest absolute Gasteiger partial charge is 0.257 e. The number of nitrogens with zero attached hydrogens (tertiary/aromatic N) is 1. The quantitative estimate of drug-likeness (QED) is 0.833. The summed E-state index contributed by atoms with van der Waals surface area (Å²) in [7, 11) is 0. The molecular weight excluding hydrogens is 247 g/mol. The SMILES string of the molecule is CCC1COC(C)CN1C(=O)c1ccc(N)cc1F. The third-order valence-electron chi connectivity index (χ3n) is 3.42. The Hall–Kier alpha value is -1.62. The van der Waals surface area contributed by atoms with Crippen molar-refractivity contribution in [3.63, 3.8) is 0 Å². The maximum absolute atomic E-state index is 13.8. The molecule has 104 valence electrons. The van der Waals surface area contributed by atoms with Gasteiger partial charge in [-0.15, -0.1) is 0 Å². The maximum atomic E-state index is 13.8. The highest BCUT2D eigenvalue weighted by Crippen LogP contribution is 2.20. The molecule has 4 nitrogen and oxygen atoms in total. The predicted molar refractivity (Wildman–Crippen MR) is 71.3 cm³/mol. The van der Waals surface area contributed by atoms with E-state index in [9.17, 15) is 9.18 Å². The number of hydrogen-bond donors (Lipinski definition) is 1. The Morgan fingerprint density at radius 2 is 2.32 bits per heavy atom. The number of carbonyl (C=O) groups excluding carboxylic acids is 1. The van der Waals surface area contributed by atoms with Crippen LogP contribution in [0.25, 0.3) is 0 Å². The lowest BCUT2D eigenvalue weighted by molar-refractivity contribution is -0.0445. The van der Waals surface area contributed by atoms with E-state index in [1.807, 2.05) is 13.8 Å². The fourth-order valence-corrected chi connectivity index (χ4v) is 2.29. The Kier molecular flexibility index (Phi) is 4.04. The van der Waals surface area contributed by atoms with Gasteiger partial charge < -0.3 is 15.4 Å². The minimum atomic E-state index is -0.570. The summed E-state index contributed by atoms with van der Waals surface area (Å²) >= 11 is 0. The first-order chi connectivity index (χ1) is 9.02. The van der Waals surface area contributed by atoms with E-state index in [1.54, 1.807) is 11.0 Å². The molecule has 19 heavy (non-hydrogen) atoms. The molecule has 1 amide bonds. The van der Waals surface area contributed by atoms with Crippen molar-refractivity contribution in [3.8, 4) is 0 Å². The molecule has 1 heterocycles. The van der Waals surface area contributed by atoms with E-state index >= 15 is 0 Å². The van der Waals surface area contributed by atoms with Gasteiger partial charge in [0, 0.05) is 12.2 Å². The van der Waals surface area contributed by atoms with E-state index in [0.29, 0.717) is 18.8 Å². The summed E-state index contributed by atoms with van der Waals surface area (Å²) in [5.41, 5.74) is 5.88. The van der Waals surface area contributed by atoms with Gasteiger partial charge in [0.2, 0.25) is 0 Å². The van der Waals surface area contributed by atoms with Crippen molar-refractivity contribution in [1.82, 2.24) is 4.90 Å². The zero-order valence-corrected chi connectivity index (χ0v) is 11.2. The van der Waals surface area contributed by atoms with Gasteiger partial charge in [0.15, 0.2) is 0 Å². The average Bonchev–Trinajstić information content (AvgIpc) is 2.38. The van der Waals surface area contributed by atoms with Crippen LogP contribution in [0, 0.1) is 5.82 Å². The Labute approximate surface area is 112 Å². The van der Waals surface area contributed by atoms with Crippen molar-refractivity contribution in [3.05, 3.63) is 29.6 Å². The number of carbonyl (C=O) groups is 1. The number of ether oxygens (including phenoxy) is 1. The van der Waals surface area contributed by atoms with Gasteiger partial charge in [-0.05, 0) is 31.5 Å². The van der Waals surface area contributed by atoms with Crippen LogP contribution < -0.4 is 5.73 Å². The van der Waals surface area contributed by atoms with Crippen molar-refractivity contribution in [2.75, 3.05) is 18.9 Å². The van der Waals surface area contributed by atoms with E-state index in [4.69, 9.17) is 10.5 Å². The van der Waals surface area contributed by atoms with Gasteiger partial charge in [-0.1, -0.05) is 6.92 Å². The second-order valence-electron chi connectivity index (χ2n) is 4.90. The van der Waals surface area contributed by atoms with Crippen LogP contribution in [0.2, 0.25) is 0 Å². The van der Waals surface area contributed by atoms with Crippen LogP contribution in [-0.4, -0.2) is 36.1 Å². The minimum Gasteiger partial charge on any atom is -0.399 e. The number of nitrogen functional groups attached to an aromatic ring is 1. The number of hydrogen-bond acceptors (Lipinski definition) is 3. The number of amides is 1. The molecule has 2 N–H and O–H groups in total. The van der Waals surface area contributed by atoms with Crippen LogP contribution in [0.5, 0.6) is 0 Å². The highest BCUT2D eigenvalue weighted by molar-refractivity contribution is 5.95. The highest BCUT2D eigenvalue weighted by atomic mass is 19.1. The molecule has 5 heteroatoms. The summed E-state index contributed by atoms with van der Waals surface area (Å²) < 4.78 is 19.4. The fourth-order valence-electron chi connectivity index (χ4n) is 2.29. The highest BCUT2D eigenvalue weighted by Gasteiger charge is 2.31. The lowest BCUT2D eigenvalue weighted by Gasteiger charge is -2.38. The van der Waals surface area contributed by atoms with Gasteiger partial charge >= 0.3 is 0 Å². The zero-order chi connectivity index (χ0) is 14.0. The molecule has 0 radical (unpaired) electrons. The van der Waals surface area contributed by atoms with E-state index in [-0.39, 0.29) is 23.6 Å². The first-order valence-electron chi connectivity index (χ1n) is 6.50. The zero-order valence-electron chi connectivity index (χ0n) is 11.2. The third-order valence-corrected chi connectivity index (χ3v) is 3.42. The molecule has 1 aliphatic heterocycles. The summed E-state index contributed by atoms with van der Waals surface area (Å²) in [6.45, 7) is 4.89. The Balaban J connectivity index is 2.25. The molecule has 2 atom stereocenters. The Morgan fingerprint density at radius 3 is 2.95 bits per heavy atom. The molecule has 0 spiro atoms. The number of nitrogens with two attached hydrogens (primary N) is 1. The molecule has 1 fully saturated rings. The van der Waals surface area contributed by atoms with Crippen molar-refractivity contribution < 1.29 is 13.9 Å². The minimum absolute atomic E-state index is 0.000605. The van der Waals surface area contributed by atoms with Crippen LogP contribution in [0.3, 0.4) is 0 Å². The van der Waals surface area contributed by atoms with Crippen molar-refractivity contribution in [1.29, 1.82) is 0 Å². The average molecular weight is 266 g/mol. The first-order valence-corrected chi connectivity index (χ1v) is 6.50. The van der Waals surface area contributed by atoms with Crippen LogP contribution in [0.4, 0.5) is 10.1 Å². The van der Waals surface area contributed by atoms with E-state index in [0.717, 1.165) is 6.42 Å². The number of benzene rings is 1. The molecule has 0 bridgehead atoms. The van der Waals surface area contributed by atoms with Crippen molar-refractivity contribution in [2.24, 2.45) is 0 Å². The molecule has 0 aliphatic carbocycles. The summed E-state index contributed by atoms with van der Waals surface area (Å²) in [5.74, 6) is -0.863. The lowest BCUT2D eigenvalue weighted by atomic mass is 10.1. The van der Waals surface area contributed by atoms with Gasteiger partial charge in [-0.25, -0.2) is 4.39 Å². The van der Waals surface area contributed by atoms with Gasteiger partial charge in [-0.3, -0.25) is 4.79 Å². The van der Waals surface area contributed by atoms with Crippen molar-refractivity contribution >= 4 is 11.6 Å². The summed E-state index contributed by atoms with van der Waals surface area (Å²) in [4.78, 5) is 14.1. The molecule has 1 aliphatic rings. The fraction of sp³-hybridized carbons (Fsp3) is 0.500. The van der Waals surface area contributed by atoms with Crippen LogP contribution in [0.1, 0.15) is 30.6 Å². The normalized spacial score (nSPS) is 23.4. The monoisotopic (exact) mass is 266 g/mol. The standard InChI is InChI=1S/C14H19FN2O2/c1-3-11-8-19-9(2)7-17(11)14(18)12-5-4-10(16)6-13(12)15/h4-6,9,11H,3,7-8,16H2,1-2H3. The van der Waals surface area contributed by atoms with E-state index < -0.39 is 5.82 Å². The second kappa shape index (κ2) is 5.57. The van der Waals surface area contributed by atoms with Gasteiger partial charge in [0.1, 0.15) is 5.82 Å². The summed E-state index contributed by atoms with van der Waals surface area (Å²) in [5, 5.41) is 0. The summed E-state index contributed by atoms with van der Waals surface area (Å²) in [6.07, 6.45) is 0.762. The van der Waals surface area contributed by atoms with E-state index in [2.05, 4.69) is 0 Å². The molecule has 0 aromatic heterocycles. The third kappa shape index (κ3) is 2.87. The molecule has 1 saturated heterocycles. The second-order valence-corrected chi connectivity index (χ2v) is 4.90. The molecule has 1 aromatic carbocycles. The molecule has 2 unspecified atom stereocenters. The number of halogens is 1. The molecule has 1 aromatic rings. The number of morpholine rings is 1. The summed E-state index contributed by atoms with van der Waals surface area (Å²) in [6, 6.07) is 4.17. The molecule has 2 rings (SSSR count). The topological polar surface area (TPSA) is 55.6 Å². The van der Waals surface area contributed by atoms with Gasteiger partial charge in [0.25, 0.3) is 5.91 Å². The lowest BCUT2D eigenvalue weighted by Crippen LogP contribution is -2.51. The molecular formula is C14H19FN2O2. The van der Waals surface area contributed by atoms with Crippen LogP contribution in [0.15, 0.2) is 18.2 Å². The molecule has 0 saturated carbocycles. The first kappa shape index (κ1) is 13.8. The van der Waals surface area contributed by atoms with Crippen LogP contribution in [-0.2, 0) is 4.74 Å². The Bertz CT molecular complexity index is 479. The van der Waals surface area contributed by atoms with Gasteiger partial charge in [-0.2, -0.15) is 0 Å².